The number of hydrogen-bond acceptors (Lipinski definition) is 6. The quantitative estimate of drug-likeness (QED) is 0.850. The molecule has 1 saturated heterocycles. The Morgan fingerprint density at radius 3 is 3.04 bits per heavy atom. The maximum atomic E-state index is 13.2. The Bertz CT molecular complexity index is 813. The minimum absolute atomic E-state index is 0.0765. The van der Waals surface area contributed by atoms with Crippen LogP contribution < -0.4 is 15.1 Å². The monoisotopic (exact) mass is 402 g/mol. The third-order valence-electron chi connectivity index (χ3n) is 4.62. The zero-order valence-corrected chi connectivity index (χ0v) is 15.5. The molecule has 25 heavy (non-hydrogen) atoms. The molecule has 2 aromatic heterocycles. The lowest BCUT2D eigenvalue weighted by Gasteiger charge is -2.26. The predicted molar refractivity (Wildman–Crippen MR) is 100 cm³/mol. The first-order chi connectivity index (χ1) is 12.2. The van der Waals surface area contributed by atoms with Crippen LogP contribution in [0.2, 0.25) is 0 Å². The number of nitrogens with zero attached hydrogens (tertiary/aromatic N) is 5. The summed E-state index contributed by atoms with van der Waals surface area (Å²) in [6.07, 6.45) is 7.23. The van der Waals surface area contributed by atoms with Gasteiger partial charge in [0.25, 0.3) is 5.91 Å². The molecule has 2 aromatic rings. The van der Waals surface area contributed by atoms with Crippen molar-refractivity contribution in [1.82, 2.24) is 15.0 Å². The molecular formula is C17H19BrN6O. The molecule has 0 radical (unpaired) electrons. The van der Waals surface area contributed by atoms with Gasteiger partial charge in [-0.05, 0) is 41.8 Å². The van der Waals surface area contributed by atoms with Gasteiger partial charge in [-0.15, -0.1) is 0 Å². The van der Waals surface area contributed by atoms with Gasteiger partial charge in [0.15, 0.2) is 0 Å². The van der Waals surface area contributed by atoms with Crippen molar-refractivity contribution in [2.45, 2.75) is 25.8 Å². The molecule has 1 N–H and O–H groups in total. The van der Waals surface area contributed by atoms with E-state index in [0.717, 1.165) is 41.9 Å². The summed E-state index contributed by atoms with van der Waals surface area (Å²) in [5.41, 5.74) is 1.33. The van der Waals surface area contributed by atoms with E-state index in [1.807, 2.05) is 13.0 Å². The second-order valence-corrected chi connectivity index (χ2v) is 7.14. The number of pyridine rings is 1. The Morgan fingerprint density at radius 2 is 2.24 bits per heavy atom. The van der Waals surface area contributed by atoms with E-state index in [-0.39, 0.29) is 11.9 Å². The lowest BCUT2D eigenvalue weighted by molar-refractivity contribution is 0.0988. The van der Waals surface area contributed by atoms with Gasteiger partial charge in [0, 0.05) is 42.5 Å². The first-order valence-electron chi connectivity index (χ1n) is 8.47. The molecule has 4 rings (SSSR count). The van der Waals surface area contributed by atoms with E-state index in [2.05, 4.69) is 41.1 Å². The van der Waals surface area contributed by atoms with Crippen molar-refractivity contribution in [1.29, 1.82) is 0 Å². The Kier molecular flexibility index (Phi) is 4.29. The van der Waals surface area contributed by atoms with Gasteiger partial charge in [0.1, 0.15) is 11.4 Å². The molecule has 1 fully saturated rings. The van der Waals surface area contributed by atoms with E-state index in [1.54, 1.807) is 23.5 Å². The van der Waals surface area contributed by atoms with Crippen molar-refractivity contribution in [3.05, 3.63) is 34.7 Å². The van der Waals surface area contributed by atoms with E-state index < -0.39 is 0 Å². The molecule has 0 spiro atoms. The molecule has 1 amide bonds. The summed E-state index contributed by atoms with van der Waals surface area (Å²) < 4.78 is 0.851. The van der Waals surface area contributed by atoms with Crippen molar-refractivity contribution < 1.29 is 4.79 Å². The maximum Gasteiger partial charge on any atom is 0.263 e. The second kappa shape index (κ2) is 6.59. The van der Waals surface area contributed by atoms with Gasteiger partial charge >= 0.3 is 0 Å². The average molecular weight is 403 g/mol. The number of amides is 1. The Morgan fingerprint density at radius 1 is 1.36 bits per heavy atom. The number of carbonyl (C=O) groups excluding carboxylic acids is 1. The summed E-state index contributed by atoms with van der Waals surface area (Å²) in [7, 11) is 0. The van der Waals surface area contributed by atoms with Crippen LogP contribution in [0.25, 0.3) is 0 Å². The van der Waals surface area contributed by atoms with Gasteiger partial charge < -0.3 is 15.1 Å². The lowest BCUT2D eigenvalue weighted by Crippen LogP contribution is -2.39. The van der Waals surface area contributed by atoms with Crippen LogP contribution >= 0.6 is 15.9 Å². The van der Waals surface area contributed by atoms with Crippen LogP contribution in [-0.4, -0.2) is 46.5 Å². The number of halogens is 1. The van der Waals surface area contributed by atoms with Gasteiger partial charge in [-0.25, -0.2) is 4.98 Å². The summed E-state index contributed by atoms with van der Waals surface area (Å²) >= 11 is 3.44. The highest BCUT2D eigenvalue weighted by Gasteiger charge is 2.37. The van der Waals surface area contributed by atoms with Crippen LogP contribution in [0.15, 0.2) is 29.1 Å². The fraction of sp³-hybridized carbons (Fsp3) is 0.412. The van der Waals surface area contributed by atoms with E-state index >= 15 is 0 Å². The van der Waals surface area contributed by atoms with Crippen LogP contribution in [0, 0.1) is 0 Å². The number of rotatable bonds is 3. The van der Waals surface area contributed by atoms with E-state index in [1.165, 1.54) is 0 Å². The van der Waals surface area contributed by atoms with Crippen molar-refractivity contribution >= 4 is 39.3 Å². The van der Waals surface area contributed by atoms with Crippen LogP contribution in [0.4, 0.5) is 17.5 Å². The third kappa shape index (κ3) is 2.95. The molecule has 0 aromatic carbocycles. The summed E-state index contributed by atoms with van der Waals surface area (Å²) in [6.45, 7) is 4.29. The van der Waals surface area contributed by atoms with Gasteiger partial charge in [-0.1, -0.05) is 0 Å². The number of fused-ring (bicyclic) bond motifs is 3. The van der Waals surface area contributed by atoms with Gasteiger partial charge in [0.05, 0.1) is 11.9 Å². The minimum Gasteiger partial charge on any atom is -0.354 e. The Hall–Kier alpha value is -2.22. The van der Waals surface area contributed by atoms with E-state index in [4.69, 9.17) is 0 Å². The fourth-order valence-corrected chi connectivity index (χ4v) is 3.85. The van der Waals surface area contributed by atoms with Gasteiger partial charge in [0.2, 0.25) is 5.95 Å². The number of aromatic nitrogens is 3. The highest BCUT2D eigenvalue weighted by atomic mass is 79.9. The van der Waals surface area contributed by atoms with Crippen LogP contribution in [0.3, 0.4) is 0 Å². The zero-order chi connectivity index (χ0) is 17.4. The second-order valence-electron chi connectivity index (χ2n) is 6.23. The maximum absolute atomic E-state index is 13.2. The molecular weight excluding hydrogens is 384 g/mol. The predicted octanol–water partition coefficient (Wildman–Crippen LogP) is 2.70. The van der Waals surface area contributed by atoms with E-state index in [9.17, 15) is 4.79 Å². The molecule has 0 saturated carbocycles. The Balaban J connectivity index is 1.80. The summed E-state index contributed by atoms with van der Waals surface area (Å²) in [5, 5.41) is 3.13. The standard InChI is InChI=1S/C17H19BrN6O/c1-2-20-17-21-9-14-15(22-17)23-5-3-4-12(23)10-24(16(14)25)13-6-11(18)7-19-8-13/h6-9,12H,2-5,10H2,1H3,(H,20,21,22). The molecule has 2 aliphatic heterocycles. The van der Waals surface area contributed by atoms with Crippen LogP contribution in [-0.2, 0) is 0 Å². The molecule has 0 bridgehead atoms. The molecule has 1 atom stereocenters. The number of nitrogens with one attached hydrogen (secondary N) is 1. The number of hydrogen-bond donors (Lipinski definition) is 1. The molecule has 8 heteroatoms. The normalized spacial score (nSPS) is 19.4. The molecule has 130 valence electrons. The van der Waals surface area contributed by atoms with Gasteiger partial charge in [-0.2, -0.15) is 4.98 Å². The molecule has 2 aliphatic rings. The Labute approximate surface area is 154 Å². The third-order valence-corrected chi connectivity index (χ3v) is 5.06. The van der Waals surface area contributed by atoms with E-state index in [0.29, 0.717) is 18.1 Å². The summed E-state index contributed by atoms with van der Waals surface area (Å²) in [4.78, 5) is 30.4. The highest BCUT2D eigenvalue weighted by molar-refractivity contribution is 9.10. The topological polar surface area (TPSA) is 74.2 Å². The number of carbonyl (C=O) groups is 1. The average Bonchev–Trinajstić information content (AvgIpc) is 3.03. The van der Waals surface area contributed by atoms with Crippen molar-refractivity contribution in [3.63, 3.8) is 0 Å². The lowest BCUT2D eigenvalue weighted by atomic mass is 10.2. The SMILES string of the molecule is CCNc1ncc2c(n1)N1CCCC1CN(c1cncc(Br)c1)C2=O. The summed E-state index contributed by atoms with van der Waals surface area (Å²) in [5.74, 6) is 1.23. The summed E-state index contributed by atoms with van der Waals surface area (Å²) in [6, 6.07) is 2.18. The zero-order valence-electron chi connectivity index (χ0n) is 13.9. The number of anilines is 3. The van der Waals surface area contributed by atoms with Crippen molar-refractivity contribution in [3.8, 4) is 0 Å². The van der Waals surface area contributed by atoms with Crippen LogP contribution in [0.5, 0.6) is 0 Å². The van der Waals surface area contributed by atoms with Gasteiger partial charge in [-0.3, -0.25) is 9.78 Å². The van der Waals surface area contributed by atoms with Crippen molar-refractivity contribution in [2.24, 2.45) is 0 Å². The molecule has 0 aliphatic carbocycles. The molecule has 4 heterocycles. The minimum atomic E-state index is -0.0765. The first-order valence-corrected chi connectivity index (χ1v) is 9.26. The highest BCUT2D eigenvalue weighted by Crippen LogP contribution is 2.34. The largest absolute Gasteiger partial charge is 0.354 e. The fourth-order valence-electron chi connectivity index (χ4n) is 3.50. The van der Waals surface area contributed by atoms with Crippen LogP contribution in [0.1, 0.15) is 30.1 Å². The van der Waals surface area contributed by atoms with Crippen molar-refractivity contribution in [2.75, 3.05) is 34.8 Å². The molecule has 7 nitrogen and oxygen atoms in total. The molecule has 1 unspecified atom stereocenters. The first kappa shape index (κ1) is 16.3. The smallest absolute Gasteiger partial charge is 0.263 e.